The Bertz CT molecular complexity index is 254. The highest BCUT2D eigenvalue weighted by atomic mass is 16.1. The van der Waals surface area contributed by atoms with Crippen LogP contribution >= 0.6 is 0 Å². The Morgan fingerprint density at radius 3 is 2.62 bits per heavy atom. The van der Waals surface area contributed by atoms with Crippen LogP contribution in [-0.2, 0) is 4.79 Å². The average Bonchev–Trinajstić information content (AvgIpc) is 2.13. The zero-order valence-corrected chi connectivity index (χ0v) is 7.66. The molecule has 0 spiro atoms. The summed E-state index contributed by atoms with van der Waals surface area (Å²) in [6, 6.07) is -0.157. The summed E-state index contributed by atoms with van der Waals surface area (Å²) in [7, 11) is 0. The van der Waals surface area contributed by atoms with Crippen LogP contribution in [0.4, 0.5) is 0 Å². The number of rotatable bonds is 4. The summed E-state index contributed by atoms with van der Waals surface area (Å²) in [6.07, 6.45) is 8.77. The quantitative estimate of drug-likeness (QED) is 0.387. The van der Waals surface area contributed by atoms with Gasteiger partial charge >= 0.3 is 0 Å². The molecule has 72 valence electrons. The molecule has 0 saturated heterocycles. The fraction of sp³-hybridized carbons (Fsp3) is 0.444. The Hall–Kier alpha value is -1.31. The van der Waals surface area contributed by atoms with Gasteiger partial charge in [-0.15, -0.1) is 6.42 Å². The Balaban J connectivity index is 4.56. The Morgan fingerprint density at radius 2 is 2.31 bits per heavy atom. The minimum atomic E-state index is -1.52. The molecule has 0 saturated carbocycles. The number of primary amides is 1. The number of hydrogen-bond acceptors (Lipinski definition) is 3. The van der Waals surface area contributed by atoms with E-state index in [0.717, 1.165) is 6.42 Å². The van der Waals surface area contributed by atoms with Crippen LogP contribution in [0.3, 0.4) is 0 Å². The van der Waals surface area contributed by atoms with Gasteiger partial charge in [0.25, 0.3) is 5.91 Å². The lowest BCUT2D eigenvalue weighted by atomic mass is 9.99. The van der Waals surface area contributed by atoms with Crippen molar-refractivity contribution in [3.05, 3.63) is 12.2 Å². The predicted octanol–water partition coefficient (Wildman–Crippen LogP) is -0.904. The van der Waals surface area contributed by atoms with Gasteiger partial charge in [-0.2, -0.15) is 0 Å². The second-order valence-electron chi connectivity index (χ2n) is 2.81. The molecular weight excluding hydrogens is 166 g/mol. The number of hydrogen-bond donors (Lipinski definition) is 3. The second kappa shape index (κ2) is 4.65. The fourth-order valence-corrected chi connectivity index (χ4v) is 0.613. The van der Waals surface area contributed by atoms with Crippen molar-refractivity contribution in [3.63, 3.8) is 0 Å². The average molecular weight is 181 g/mol. The summed E-state index contributed by atoms with van der Waals surface area (Å²) in [5, 5.41) is 0. The minimum absolute atomic E-state index is 0.157. The van der Waals surface area contributed by atoms with E-state index in [1.54, 1.807) is 6.08 Å². The van der Waals surface area contributed by atoms with Crippen LogP contribution in [0.5, 0.6) is 0 Å². The second-order valence-corrected chi connectivity index (χ2v) is 2.81. The van der Waals surface area contributed by atoms with Crippen LogP contribution in [0.2, 0.25) is 0 Å². The third-order valence-corrected chi connectivity index (χ3v) is 1.72. The molecule has 0 fully saturated rings. The van der Waals surface area contributed by atoms with Crippen molar-refractivity contribution in [1.82, 2.24) is 0 Å². The van der Waals surface area contributed by atoms with Gasteiger partial charge in [-0.05, 0) is 12.5 Å². The van der Waals surface area contributed by atoms with E-state index in [9.17, 15) is 4.79 Å². The molecule has 6 N–H and O–H groups in total. The molecule has 0 rings (SSSR count). The van der Waals surface area contributed by atoms with E-state index in [1.165, 1.54) is 6.08 Å². The van der Waals surface area contributed by atoms with E-state index in [4.69, 9.17) is 23.6 Å². The lowest BCUT2D eigenvalue weighted by Crippen LogP contribution is -2.49. The number of carbonyl (C=O) groups is 1. The number of amides is 1. The zero-order valence-electron chi connectivity index (χ0n) is 7.66. The molecule has 0 aromatic heterocycles. The molecule has 2 atom stereocenters. The fourth-order valence-electron chi connectivity index (χ4n) is 0.613. The van der Waals surface area contributed by atoms with Crippen LogP contribution in [0.1, 0.15) is 13.3 Å². The standard InChI is InChI=1S/C9H15N3O/c1-3-7(10)5-6-9(12,4-2)8(11)13/h2,5-7H,3,10,12H2,1H3,(H2,11,13). The molecule has 0 radical (unpaired) electrons. The van der Waals surface area contributed by atoms with E-state index < -0.39 is 11.4 Å². The van der Waals surface area contributed by atoms with Crippen molar-refractivity contribution in [2.75, 3.05) is 0 Å². The Morgan fingerprint density at radius 1 is 1.77 bits per heavy atom. The Kier molecular flexibility index (Phi) is 4.18. The van der Waals surface area contributed by atoms with E-state index >= 15 is 0 Å². The van der Waals surface area contributed by atoms with E-state index in [1.807, 2.05) is 6.92 Å². The van der Waals surface area contributed by atoms with Crippen LogP contribution in [0.25, 0.3) is 0 Å². The van der Waals surface area contributed by atoms with Gasteiger partial charge in [0, 0.05) is 6.04 Å². The van der Waals surface area contributed by atoms with Gasteiger partial charge in [-0.3, -0.25) is 4.79 Å². The zero-order chi connectivity index (χ0) is 10.5. The van der Waals surface area contributed by atoms with Crippen molar-refractivity contribution < 1.29 is 4.79 Å². The summed E-state index contributed by atoms with van der Waals surface area (Å²) in [5.74, 6) is 1.36. The third-order valence-electron chi connectivity index (χ3n) is 1.72. The van der Waals surface area contributed by atoms with Gasteiger partial charge in [0.1, 0.15) is 0 Å². The van der Waals surface area contributed by atoms with Crippen molar-refractivity contribution >= 4 is 5.91 Å². The van der Waals surface area contributed by atoms with Gasteiger partial charge in [-0.1, -0.05) is 18.9 Å². The van der Waals surface area contributed by atoms with Gasteiger partial charge in [0.05, 0.1) is 0 Å². The molecular formula is C9H15N3O. The molecule has 4 heteroatoms. The molecule has 4 nitrogen and oxygen atoms in total. The molecule has 1 amide bonds. The molecule has 0 heterocycles. The SMILES string of the molecule is C#CC(N)(C=CC(N)CC)C(N)=O. The maximum absolute atomic E-state index is 10.8. The molecule has 0 bridgehead atoms. The maximum atomic E-state index is 10.8. The molecule has 0 aliphatic rings. The number of nitrogens with two attached hydrogens (primary N) is 3. The van der Waals surface area contributed by atoms with Gasteiger partial charge < -0.3 is 17.2 Å². The Labute approximate surface area is 78.1 Å². The summed E-state index contributed by atoms with van der Waals surface area (Å²) in [4.78, 5) is 10.8. The first-order valence-electron chi connectivity index (χ1n) is 3.97. The lowest BCUT2D eigenvalue weighted by Gasteiger charge is -2.14. The highest BCUT2D eigenvalue weighted by Crippen LogP contribution is 2.01. The highest BCUT2D eigenvalue weighted by molar-refractivity contribution is 5.90. The molecule has 0 aromatic rings. The summed E-state index contributed by atoms with van der Waals surface area (Å²) < 4.78 is 0. The van der Waals surface area contributed by atoms with Crippen molar-refractivity contribution in [2.24, 2.45) is 17.2 Å². The molecule has 2 unspecified atom stereocenters. The van der Waals surface area contributed by atoms with Crippen LogP contribution in [-0.4, -0.2) is 17.5 Å². The van der Waals surface area contributed by atoms with E-state index in [2.05, 4.69) is 5.92 Å². The molecule has 0 aromatic carbocycles. The first-order valence-corrected chi connectivity index (χ1v) is 3.97. The monoisotopic (exact) mass is 181 g/mol. The maximum Gasteiger partial charge on any atom is 0.254 e. The number of terminal acetylenes is 1. The first kappa shape index (κ1) is 11.7. The van der Waals surface area contributed by atoms with Crippen LogP contribution in [0.15, 0.2) is 12.2 Å². The summed E-state index contributed by atoms with van der Waals surface area (Å²) in [6.45, 7) is 1.91. The van der Waals surface area contributed by atoms with Crippen molar-refractivity contribution in [3.8, 4) is 12.3 Å². The van der Waals surface area contributed by atoms with E-state index in [-0.39, 0.29) is 6.04 Å². The summed E-state index contributed by atoms with van der Waals surface area (Å²) >= 11 is 0. The topological polar surface area (TPSA) is 95.1 Å². The van der Waals surface area contributed by atoms with Gasteiger partial charge in [0.15, 0.2) is 5.54 Å². The van der Waals surface area contributed by atoms with Crippen LogP contribution < -0.4 is 17.2 Å². The summed E-state index contributed by atoms with van der Waals surface area (Å²) in [5.41, 5.74) is 14.6. The molecule has 0 aliphatic carbocycles. The highest BCUT2D eigenvalue weighted by Gasteiger charge is 2.25. The van der Waals surface area contributed by atoms with Crippen molar-refractivity contribution in [2.45, 2.75) is 24.9 Å². The first-order chi connectivity index (χ1) is 5.96. The minimum Gasteiger partial charge on any atom is -0.367 e. The normalized spacial score (nSPS) is 17.7. The van der Waals surface area contributed by atoms with Gasteiger partial charge in [-0.25, -0.2) is 0 Å². The predicted molar refractivity (Wildman–Crippen MR) is 52.4 cm³/mol. The van der Waals surface area contributed by atoms with Crippen molar-refractivity contribution in [1.29, 1.82) is 0 Å². The van der Waals surface area contributed by atoms with Crippen LogP contribution in [0, 0.1) is 12.3 Å². The lowest BCUT2D eigenvalue weighted by molar-refractivity contribution is -0.120. The third kappa shape index (κ3) is 3.28. The van der Waals surface area contributed by atoms with Gasteiger partial charge in [0.2, 0.25) is 0 Å². The number of carbonyl (C=O) groups excluding carboxylic acids is 1. The smallest absolute Gasteiger partial charge is 0.254 e. The molecule has 13 heavy (non-hydrogen) atoms. The molecule has 0 aliphatic heterocycles. The largest absolute Gasteiger partial charge is 0.367 e. The van der Waals surface area contributed by atoms with E-state index in [0.29, 0.717) is 0 Å².